The molecule has 0 saturated carbocycles. The molecule has 3 rings (SSSR count). The number of benzene rings is 2. The Hall–Kier alpha value is -2.92. The molecule has 0 aliphatic carbocycles. The van der Waals surface area contributed by atoms with Gasteiger partial charge in [-0.3, -0.25) is 0 Å². The molecule has 1 aromatic heterocycles. The van der Waals surface area contributed by atoms with Gasteiger partial charge >= 0.3 is 0 Å². The van der Waals surface area contributed by atoms with Gasteiger partial charge in [0, 0.05) is 35.3 Å². The Bertz CT molecular complexity index is 1020. The summed E-state index contributed by atoms with van der Waals surface area (Å²) in [6, 6.07) is 14.4. The number of aliphatic hydroxyl groups is 1. The molecule has 0 amide bonds. The molecule has 0 unspecified atom stereocenters. The summed E-state index contributed by atoms with van der Waals surface area (Å²) in [5, 5.41) is 25.3. The third-order valence-corrected chi connectivity index (χ3v) is 4.92. The fourth-order valence-corrected chi connectivity index (χ4v) is 3.22. The predicted octanol–water partition coefficient (Wildman–Crippen LogP) is 4.57. The maximum absolute atomic E-state index is 8.95. The molecule has 0 radical (unpaired) electrons. The zero-order chi connectivity index (χ0) is 21.3. The fourth-order valence-electron chi connectivity index (χ4n) is 2.69. The van der Waals surface area contributed by atoms with E-state index in [1.54, 1.807) is 42.5 Å². The van der Waals surface area contributed by atoms with Crippen LogP contribution in [-0.2, 0) is 6.42 Å². The highest BCUT2D eigenvalue weighted by atomic mass is 35.5. The average molecular weight is 443 g/mol. The third-order valence-electron chi connectivity index (χ3n) is 4.22. The molecule has 154 valence electrons. The van der Waals surface area contributed by atoms with Crippen molar-refractivity contribution in [2.75, 3.05) is 23.8 Å². The average Bonchev–Trinajstić information content (AvgIpc) is 2.74. The highest BCUT2D eigenvalue weighted by Gasteiger charge is 2.12. The molecular formula is C21H20Cl2N6O. The molecule has 7 nitrogen and oxygen atoms in total. The van der Waals surface area contributed by atoms with E-state index in [0.717, 1.165) is 17.7 Å². The van der Waals surface area contributed by atoms with Crippen molar-refractivity contribution in [2.24, 2.45) is 0 Å². The van der Waals surface area contributed by atoms with Gasteiger partial charge in [0.15, 0.2) is 0 Å². The quantitative estimate of drug-likeness (QED) is 0.416. The van der Waals surface area contributed by atoms with Gasteiger partial charge in [-0.2, -0.15) is 20.2 Å². The number of unbranched alkanes of at least 4 members (excludes halogenated alkanes) is 1. The molecule has 3 aromatic rings. The van der Waals surface area contributed by atoms with Crippen LogP contribution < -0.4 is 10.6 Å². The van der Waals surface area contributed by atoms with E-state index in [1.807, 2.05) is 0 Å². The number of rotatable bonds is 9. The van der Waals surface area contributed by atoms with Crippen molar-refractivity contribution in [3.8, 4) is 6.07 Å². The topological polar surface area (TPSA) is 107 Å². The first-order valence-corrected chi connectivity index (χ1v) is 10.1. The van der Waals surface area contributed by atoms with Gasteiger partial charge in [-0.05, 0) is 54.8 Å². The first-order valence-electron chi connectivity index (χ1n) is 9.39. The predicted molar refractivity (Wildman–Crippen MR) is 118 cm³/mol. The normalized spacial score (nSPS) is 10.5. The number of nitriles is 1. The summed E-state index contributed by atoms with van der Waals surface area (Å²) in [6.07, 6.45) is 1.82. The Morgan fingerprint density at radius 3 is 2.30 bits per heavy atom. The van der Waals surface area contributed by atoms with E-state index in [1.165, 1.54) is 0 Å². The summed E-state index contributed by atoms with van der Waals surface area (Å²) in [5.41, 5.74) is 2.05. The lowest BCUT2D eigenvalue weighted by atomic mass is 10.1. The minimum Gasteiger partial charge on any atom is -0.396 e. The van der Waals surface area contributed by atoms with Crippen LogP contribution in [0.2, 0.25) is 10.0 Å². The fraction of sp³-hybridized carbons (Fsp3) is 0.238. The molecule has 0 spiro atoms. The van der Waals surface area contributed by atoms with E-state index in [2.05, 4.69) is 31.7 Å². The third kappa shape index (κ3) is 6.04. The van der Waals surface area contributed by atoms with Gasteiger partial charge < -0.3 is 15.7 Å². The van der Waals surface area contributed by atoms with E-state index in [9.17, 15) is 0 Å². The van der Waals surface area contributed by atoms with Crippen LogP contribution >= 0.6 is 23.2 Å². The number of nitrogens with zero attached hydrogens (tertiary/aromatic N) is 4. The zero-order valence-electron chi connectivity index (χ0n) is 16.1. The summed E-state index contributed by atoms with van der Waals surface area (Å²) < 4.78 is 0. The number of hydrogen-bond donors (Lipinski definition) is 3. The Labute approximate surface area is 184 Å². The Morgan fingerprint density at radius 1 is 0.933 bits per heavy atom. The van der Waals surface area contributed by atoms with E-state index >= 15 is 0 Å². The van der Waals surface area contributed by atoms with Gasteiger partial charge in [0.05, 0.1) is 11.6 Å². The lowest BCUT2D eigenvalue weighted by molar-refractivity contribution is 0.286. The van der Waals surface area contributed by atoms with E-state index in [-0.39, 0.29) is 6.61 Å². The van der Waals surface area contributed by atoms with Crippen LogP contribution in [0.1, 0.15) is 29.8 Å². The Kier molecular flexibility index (Phi) is 7.80. The second kappa shape index (κ2) is 10.7. The van der Waals surface area contributed by atoms with Crippen molar-refractivity contribution in [1.82, 2.24) is 15.0 Å². The minimum atomic E-state index is 0.140. The van der Waals surface area contributed by atoms with Gasteiger partial charge in [0.1, 0.15) is 5.82 Å². The SMILES string of the molecule is N#Cc1ccc(Nc2nc(Cc3c(Cl)cccc3Cl)nc(NCCCCO)n2)cc1. The number of aliphatic hydroxyl groups excluding tert-OH is 1. The lowest BCUT2D eigenvalue weighted by Gasteiger charge is -2.11. The molecule has 3 N–H and O–H groups in total. The number of aromatic nitrogens is 3. The molecular weight excluding hydrogens is 423 g/mol. The van der Waals surface area contributed by atoms with Crippen LogP contribution in [0.25, 0.3) is 0 Å². The monoisotopic (exact) mass is 442 g/mol. The highest BCUT2D eigenvalue weighted by Crippen LogP contribution is 2.26. The molecule has 0 aliphatic heterocycles. The van der Waals surface area contributed by atoms with Gasteiger partial charge in [-0.15, -0.1) is 0 Å². The number of nitrogens with one attached hydrogen (secondary N) is 2. The minimum absolute atomic E-state index is 0.140. The lowest BCUT2D eigenvalue weighted by Crippen LogP contribution is -2.11. The molecule has 30 heavy (non-hydrogen) atoms. The van der Waals surface area contributed by atoms with E-state index in [4.69, 9.17) is 33.6 Å². The molecule has 2 aromatic carbocycles. The van der Waals surface area contributed by atoms with Crippen LogP contribution in [0.3, 0.4) is 0 Å². The van der Waals surface area contributed by atoms with Crippen molar-refractivity contribution in [3.05, 3.63) is 69.5 Å². The van der Waals surface area contributed by atoms with Crippen molar-refractivity contribution in [3.63, 3.8) is 0 Å². The second-order valence-corrected chi connectivity index (χ2v) is 7.26. The zero-order valence-corrected chi connectivity index (χ0v) is 17.6. The first-order chi connectivity index (χ1) is 14.6. The summed E-state index contributed by atoms with van der Waals surface area (Å²) in [4.78, 5) is 13.4. The highest BCUT2D eigenvalue weighted by molar-refractivity contribution is 6.36. The smallest absolute Gasteiger partial charge is 0.232 e. The molecule has 0 atom stereocenters. The van der Waals surface area contributed by atoms with Gasteiger partial charge in [0.25, 0.3) is 0 Å². The second-order valence-electron chi connectivity index (χ2n) is 6.45. The summed E-state index contributed by atoms with van der Waals surface area (Å²) in [6.45, 7) is 0.758. The Balaban J connectivity index is 1.86. The maximum atomic E-state index is 8.95. The first kappa shape index (κ1) is 21.8. The molecule has 0 aliphatic rings. The van der Waals surface area contributed by atoms with Crippen LogP contribution in [-0.4, -0.2) is 33.2 Å². The molecule has 9 heteroatoms. The van der Waals surface area contributed by atoms with Crippen molar-refractivity contribution in [1.29, 1.82) is 5.26 Å². The van der Waals surface area contributed by atoms with Gasteiger partial charge in [-0.1, -0.05) is 29.3 Å². The number of anilines is 3. The molecule has 1 heterocycles. The molecule has 0 fully saturated rings. The van der Waals surface area contributed by atoms with Gasteiger partial charge in [0.2, 0.25) is 11.9 Å². The van der Waals surface area contributed by atoms with Crippen molar-refractivity contribution < 1.29 is 5.11 Å². The van der Waals surface area contributed by atoms with Crippen molar-refractivity contribution in [2.45, 2.75) is 19.3 Å². The summed E-state index contributed by atoms with van der Waals surface area (Å²) in [5.74, 6) is 1.27. The van der Waals surface area contributed by atoms with Crippen LogP contribution in [0.4, 0.5) is 17.6 Å². The maximum Gasteiger partial charge on any atom is 0.232 e. The van der Waals surface area contributed by atoms with Crippen LogP contribution in [0.5, 0.6) is 0 Å². The van der Waals surface area contributed by atoms with Gasteiger partial charge in [-0.25, -0.2) is 0 Å². The largest absolute Gasteiger partial charge is 0.396 e. The summed E-state index contributed by atoms with van der Waals surface area (Å²) in [7, 11) is 0. The number of hydrogen-bond acceptors (Lipinski definition) is 7. The summed E-state index contributed by atoms with van der Waals surface area (Å²) >= 11 is 12.6. The van der Waals surface area contributed by atoms with Crippen LogP contribution in [0.15, 0.2) is 42.5 Å². The standard InChI is InChI=1S/C21H20Cl2N6O/c22-17-4-3-5-18(23)16(17)12-19-27-20(25-10-1-2-11-30)29-21(28-19)26-15-8-6-14(13-24)7-9-15/h3-9,30H,1-2,10-12H2,(H2,25,26,27,28,29). The van der Waals surface area contributed by atoms with E-state index < -0.39 is 0 Å². The van der Waals surface area contributed by atoms with Crippen LogP contribution in [0, 0.1) is 11.3 Å². The number of halogens is 2. The molecule has 0 bridgehead atoms. The van der Waals surface area contributed by atoms with E-state index in [0.29, 0.717) is 52.7 Å². The molecule has 0 saturated heterocycles. The Morgan fingerprint density at radius 2 is 1.63 bits per heavy atom. The van der Waals surface area contributed by atoms with Crippen molar-refractivity contribution >= 4 is 40.8 Å².